The number of alkyl halides is 1. The Balaban J connectivity index is 2.13. The highest BCUT2D eigenvalue weighted by atomic mass is 79.9. The highest BCUT2D eigenvalue weighted by Crippen LogP contribution is 2.31. The van der Waals surface area contributed by atoms with Gasteiger partial charge in [-0.2, -0.15) is 0 Å². The van der Waals surface area contributed by atoms with Gasteiger partial charge in [0.25, 0.3) is 0 Å². The van der Waals surface area contributed by atoms with Crippen LogP contribution in [0, 0.1) is 5.92 Å². The molecule has 1 fully saturated rings. The summed E-state index contributed by atoms with van der Waals surface area (Å²) in [5, 5.41) is 0. The number of allylic oxidation sites excluding steroid dienone is 1. The standard InChI is InChI=1S/C15H18BrCl/c16-15-8-6-12(7-9-15)10-14(11-17)13-4-2-1-3-5-13/h6-10,13H,1-5,11H2. The molecule has 0 heterocycles. The molecule has 1 aliphatic carbocycles. The Labute approximate surface area is 117 Å². The average molecular weight is 314 g/mol. The van der Waals surface area contributed by atoms with E-state index >= 15 is 0 Å². The third-order valence-electron chi connectivity index (χ3n) is 3.51. The van der Waals surface area contributed by atoms with Crippen molar-refractivity contribution in [2.75, 3.05) is 5.88 Å². The van der Waals surface area contributed by atoms with Crippen LogP contribution in [0.4, 0.5) is 0 Å². The second-order valence-corrected chi connectivity index (χ2v) is 5.92. The van der Waals surface area contributed by atoms with E-state index in [4.69, 9.17) is 11.6 Å². The molecule has 2 heteroatoms. The van der Waals surface area contributed by atoms with Gasteiger partial charge in [-0.15, -0.1) is 11.6 Å². The molecule has 0 radical (unpaired) electrons. The van der Waals surface area contributed by atoms with E-state index in [9.17, 15) is 0 Å². The zero-order chi connectivity index (χ0) is 12.1. The van der Waals surface area contributed by atoms with E-state index in [1.165, 1.54) is 43.2 Å². The zero-order valence-corrected chi connectivity index (χ0v) is 12.3. The van der Waals surface area contributed by atoms with Gasteiger partial charge < -0.3 is 0 Å². The molecule has 0 spiro atoms. The van der Waals surface area contributed by atoms with Gasteiger partial charge in [-0.25, -0.2) is 0 Å². The zero-order valence-electron chi connectivity index (χ0n) is 9.96. The molecule has 0 unspecified atom stereocenters. The minimum Gasteiger partial charge on any atom is -0.122 e. The number of rotatable bonds is 3. The largest absolute Gasteiger partial charge is 0.122 e. The van der Waals surface area contributed by atoms with Crippen molar-refractivity contribution in [3.63, 3.8) is 0 Å². The third kappa shape index (κ3) is 3.86. The van der Waals surface area contributed by atoms with Crippen LogP contribution in [-0.2, 0) is 0 Å². The maximum absolute atomic E-state index is 6.10. The van der Waals surface area contributed by atoms with Crippen LogP contribution in [0.1, 0.15) is 37.7 Å². The molecule has 1 aromatic carbocycles. The van der Waals surface area contributed by atoms with Gasteiger partial charge in [0.1, 0.15) is 0 Å². The van der Waals surface area contributed by atoms with Gasteiger partial charge >= 0.3 is 0 Å². The smallest absolute Gasteiger partial charge is 0.0439 e. The lowest BCUT2D eigenvalue weighted by atomic mass is 9.84. The minimum atomic E-state index is 0.667. The van der Waals surface area contributed by atoms with Gasteiger partial charge in [-0.05, 0) is 36.5 Å². The van der Waals surface area contributed by atoms with Crippen LogP contribution in [-0.4, -0.2) is 5.88 Å². The van der Waals surface area contributed by atoms with Gasteiger partial charge in [0.15, 0.2) is 0 Å². The molecule has 0 bridgehead atoms. The molecule has 92 valence electrons. The molecule has 17 heavy (non-hydrogen) atoms. The molecule has 1 saturated carbocycles. The monoisotopic (exact) mass is 312 g/mol. The first-order chi connectivity index (χ1) is 8.29. The van der Waals surface area contributed by atoms with E-state index in [2.05, 4.69) is 46.3 Å². The number of hydrogen-bond donors (Lipinski definition) is 0. The molecular formula is C15H18BrCl. The fourth-order valence-electron chi connectivity index (χ4n) is 2.51. The molecule has 1 aliphatic rings. The Bertz CT molecular complexity index is 374. The van der Waals surface area contributed by atoms with E-state index < -0.39 is 0 Å². The Morgan fingerprint density at radius 2 is 1.82 bits per heavy atom. The summed E-state index contributed by atoms with van der Waals surface area (Å²) >= 11 is 9.56. The highest BCUT2D eigenvalue weighted by Gasteiger charge is 2.16. The van der Waals surface area contributed by atoms with E-state index in [-0.39, 0.29) is 0 Å². The van der Waals surface area contributed by atoms with Gasteiger partial charge in [-0.3, -0.25) is 0 Å². The van der Waals surface area contributed by atoms with Crippen LogP contribution in [0.15, 0.2) is 34.3 Å². The summed E-state index contributed by atoms with van der Waals surface area (Å²) in [6.45, 7) is 0. The fourth-order valence-corrected chi connectivity index (χ4v) is 3.07. The summed E-state index contributed by atoms with van der Waals surface area (Å²) < 4.78 is 1.12. The second-order valence-electron chi connectivity index (χ2n) is 4.74. The van der Waals surface area contributed by atoms with E-state index in [1.54, 1.807) is 0 Å². The SMILES string of the molecule is ClCC(=Cc1ccc(Br)cc1)C1CCCCC1. The minimum absolute atomic E-state index is 0.667. The van der Waals surface area contributed by atoms with Gasteiger partial charge in [0, 0.05) is 10.4 Å². The summed E-state index contributed by atoms with van der Waals surface area (Å²) in [6, 6.07) is 8.44. The molecule has 0 N–H and O–H groups in total. The molecule has 0 atom stereocenters. The molecule has 0 saturated heterocycles. The number of hydrogen-bond acceptors (Lipinski definition) is 0. The topological polar surface area (TPSA) is 0 Å². The highest BCUT2D eigenvalue weighted by molar-refractivity contribution is 9.10. The fraction of sp³-hybridized carbons (Fsp3) is 0.467. The Morgan fingerprint density at radius 1 is 1.18 bits per heavy atom. The van der Waals surface area contributed by atoms with Gasteiger partial charge in [0.2, 0.25) is 0 Å². The summed E-state index contributed by atoms with van der Waals surface area (Å²) in [6.07, 6.45) is 9.02. The number of benzene rings is 1. The van der Waals surface area contributed by atoms with Crippen LogP contribution in [0.25, 0.3) is 6.08 Å². The van der Waals surface area contributed by atoms with Crippen molar-refractivity contribution in [3.05, 3.63) is 39.9 Å². The first-order valence-electron chi connectivity index (χ1n) is 6.31. The second kappa shape index (κ2) is 6.61. The first-order valence-corrected chi connectivity index (χ1v) is 7.64. The first kappa shape index (κ1) is 13.2. The molecule has 0 amide bonds. The summed E-state index contributed by atoms with van der Waals surface area (Å²) in [4.78, 5) is 0. The quantitative estimate of drug-likeness (QED) is 0.632. The molecular weight excluding hydrogens is 296 g/mol. The van der Waals surface area contributed by atoms with Crippen molar-refractivity contribution in [3.8, 4) is 0 Å². The van der Waals surface area contributed by atoms with Gasteiger partial charge in [-0.1, -0.05) is 59.0 Å². The number of halogens is 2. The van der Waals surface area contributed by atoms with Crippen LogP contribution in [0.2, 0.25) is 0 Å². The lowest BCUT2D eigenvalue weighted by Crippen LogP contribution is -2.10. The van der Waals surface area contributed by atoms with Crippen LogP contribution < -0.4 is 0 Å². The third-order valence-corrected chi connectivity index (χ3v) is 4.34. The van der Waals surface area contributed by atoms with E-state index in [0.717, 1.165) is 4.47 Å². The van der Waals surface area contributed by atoms with E-state index in [0.29, 0.717) is 11.8 Å². The molecule has 2 rings (SSSR count). The van der Waals surface area contributed by atoms with Crippen LogP contribution in [0.3, 0.4) is 0 Å². The molecule has 0 nitrogen and oxygen atoms in total. The molecule has 0 aromatic heterocycles. The predicted molar refractivity (Wildman–Crippen MR) is 79.4 cm³/mol. The molecule has 0 aliphatic heterocycles. The normalized spacial score (nSPS) is 18.4. The molecule has 1 aromatic rings. The van der Waals surface area contributed by atoms with Gasteiger partial charge in [0.05, 0.1) is 0 Å². The Hall–Kier alpha value is -0.270. The van der Waals surface area contributed by atoms with Crippen molar-refractivity contribution in [2.45, 2.75) is 32.1 Å². The van der Waals surface area contributed by atoms with Crippen LogP contribution in [0.5, 0.6) is 0 Å². The van der Waals surface area contributed by atoms with E-state index in [1.807, 2.05) is 0 Å². The van der Waals surface area contributed by atoms with Crippen LogP contribution >= 0.6 is 27.5 Å². The maximum Gasteiger partial charge on any atom is 0.0439 e. The summed E-state index contributed by atoms with van der Waals surface area (Å²) in [7, 11) is 0. The van der Waals surface area contributed by atoms with Crippen molar-refractivity contribution in [2.24, 2.45) is 5.92 Å². The lowest BCUT2D eigenvalue weighted by molar-refractivity contribution is 0.405. The van der Waals surface area contributed by atoms with Crippen molar-refractivity contribution < 1.29 is 0 Å². The Kier molecular flexibility index (Phi) is 5.12. The van der Waals surface area contributed by atoms with Crippen molar-refractivity contribution in [1.82, 2.24) is 0 Å². The Morgan fingerprint density at radius 3 is 2.41 bits per heavy atom. The summed E-state index contributed by atoms with van der Waals surface area (Å²) in [5.74, 6) is 1.38. The predicted octanol–water partition coefficient (Wildman–Crippen LogP) is 5.65. The van der Waals surface area contributed by atoms with Crippen molar-refractivity contribution >= 4 is 33.6 Å². The maximum atomic E-state index is 6.10. The lowest BCUT2D eigenvalue weighted by Gasteiger charge is -2.23. The summed E-state index contributed by atoms with van der Waals surface area (Å²) in [5.41, 5.74) is 2.67. The van der Waals surface area contributed by atoms with Crippen molar-refractivity contribution in [1.29, 1.82) is 0 Å². The average Bonchev–Trinajstić information content (AvgIpc) is 2.39.